The van der Waals surface area contributed by atoms with Gasteiger partial charge >= 0.3 is 0 Å². The van der Waals surface area contributed by atoms with E-state index in [1.54, 1.807) is 12.1 Å². The van der Waals surface area contributed by atoms with Gasteiger partial charge in [-0.25, -0.2) is 0 Å². The Balaban J connectivity index is 2.49. The number of para-hydroxylation sites is 1. The molecule has 0 saturated carbocycles. The summed E-state index contributed by atoms with van der Waals surface area (Å²) < 4.78 is 4.71. The number of nitriles is 1. The average Bonchev–Trinajstić information content (AvgIpc) is 2.19. The highest BCUT2D eigenvalue weighted by Gasteiger charge is 2.18. The third kappa shape index (κ3) is 3.67. The zero-order valence-corrected chi connectivity index (χ0v) is 9.39. The molecule has 0 aliphatic rings. The second-order valence-electron chi connectivity index (χ2n) is 2.34. The smallest absolute Gasteiger partial charge is 0.198 e. The highest BCUT2D eigenvalue weighted by Crippen LogP contribution is 2.24. The summed E-state index contributed by atoms with van der Waals surface area (Å²) in [7, 11) is 0. The first-order valence-corrected chi connectivity index (χ1v) is 5.54. The second kappa shape index (κ2) is 6.02. The number of ether oxygens (including phenoxy) is 1. The molecule has 0 spiro atoms. The lowest BCUT2D eigenvalue weighted by atomic mass is 10.3. The molecule has 2 nitrogen and oxygen atoms in total. The van der Waals surface area contributed by atoms with Crippen LogP contribution in [0.4, 0.5) is 0 Å². The van der Waals surface area contributed by atoms with E-state index in [1.165, 1.54) is 0 Å². The lowest BCUT2D eigenvalue weighted by molar-refractivity contribution is 0.297. The number of alkyl halides is 2. The Labute approximate surface area is 96.8 Å². The molecule has 2 unspecified atom stereocenters. The van der Waals surface area contributed by atoms with Crippen molar-refractivity contribution < 1.29 is 4.74 Å². The van der Waals surface area contributed by atoms with Crippen LogP contribution in [0.5, 0.6) is 5.75 Å². The number of halogens is 2. The van der Waals surface area contributed by atoms with E-state index >= 15 is 0 Å². The van der Waals surface area contributed by atoms with E-state index in [9.17, 15) is 0 Å². The van der Waals surface area contributed by atoms with Crippen molar-refractivity contribution in [1.29, 1.82) is 5.26 Å². The lowest BCUT2D eigenvalue weighted by Gasteiger charge is -2.14. The summed E-state index contributed by atoms with van der Waals surface area (Å²) in [6, 6.07) is 9.09. The number of hydrogen-bond donors (Lipinski definition) is 0. The van der Waals surface area contributed by atoms with Crippen molar-refractivity contribution in [2.24, 2.45) is 0 Å². The van der Waals surface area contributed by atoms with Gasteiger partial charge in [-0.05, 0) is 23.9 Å². The van der Waals surface area contributed by atoms with Crippen LogP contribution in [0.25, 0.3) is 0 Å². The quantitative estimate of drug-likeness (QED) is 0.604. The highest BCUT2D eigenvalue weighted by molar-refractivity contribution is 8.05. The van der Waals surface area contributed by atoms with Crippen LogP contribution in [0.3, 0.4) is 0 Å². The zero-order valence-electron chi connectivity index (χ0n) is 7.06. The van der Waals surface area contributed by atoms with Crippen molar-refractivity contribution in [3.05, 3.63) is 30.3 Å². The van der Waals surface area contributed by atoms with E-state index in [1.807, 2.05) is 23.6 Å². The number of thioether (sulfide) groups is 1. The Hall–Kier alpha value is -0.560. The normalized spacial score (nSPS) is 14.1. The molecule has 0 saturated heterocycles. The molecule has 2 atom stereocenters. The van der Waals surface area contributed by atoms with Gasteiger partial charge in [-0.2, -0.15) is 5.26 Å². The first kappa shape index (κ1) is 11.5. The zero-order chi connectivity index (χ0) is 10.4. The summed E-state index contributed by atoms with van der Waals surface area (Å²) in [5.74, 6) is 0.636. The molecular formula is C9H7Cl2NOS. The highest BCUT2D eigenvalue weighted by atomic mass is 35.5. The van der Waals surface area contributed by atoms with Crippen molar-refractivity contribution in [2.75, 3.05) is 0 Å². The fraction of sp³-hybridized carbons (Fsp3) is 0.222. The number of thiocyanates is 1. The standard InChI is InChI=1S/C9H7Cl2NOS/c10-8(9(11)14-6-12)13-7-4-2-1-3-5-7/h1-5,8-9H. The molecule has 0 radical (unpaired) electrons. The van der Waals surface area contributed by atoms with E-state index in [4.69, 9.17) is 33.2 Å². The summed E-state index contributed by atoms with van der Waals surface area (Å²) in [6.45, 7) is 0. The Morgan fingerprint density at radius 2 is 1.93 bits per heavy atom. The lowest BCUT2D eigenvalue weighted by Crippen LogP contribution is -2.18. The van der Waals surface area contributed by atoms with Gasteiger partial charge < -0.3 is 4.74 Å². The van der Waals surface area contributed by atoms with Gasteiger partial charge in [0.1, 0.15) is 15.9 Å². The Morgan fingerprint density at radius 1 is 1.29 bits per heavy atom. The van der Waals surface area contributed by atoms with Crippen molar-refractivity contribution in [2.45, 2.75) is 10.3 Å². The molecule has 0 aliphatic heterocycles. The van der Waals surface area contributed by atoms with Gasteiger partial charge in [0.2, 0.25) is 0 Å². The molecule has 74 valence electrons. The van der Waals surface area contributed by atoms with Crippen molar-refractivity contribution in [3.8, 4) is 11.2 Å². The van der Waals surface area contributed by atoms with Gasteiger partial charge in [0.05, 0.1) is 0 Å². The Kier molecular flexibility index (Phi) is 4.95. The van der Waals surface area contributed by atoms with E-state index in [-0.39, 0.29) is 0 Å². The fourth-order valence-electron chi connectivity index (χ4n) is 0.786. The SMILES string of the molecule is N#CSC(Cl)C(Cl)Oc1ccccc1. The Morgan fingerprint density at radius 3 is 2.50 bits per heavy atom. The third-order valence-corrected chi connectivity index (χ3v) is 3.06. The first-order chi connectivity index (χ1) is 6.74. The van der Waals surface area contributed by atoms with Crippen LogP contribution >= 0.6 is 35.0 Å². The maximum Gasteiger partial charge on any atom is 0.198 e. The van der Waals surface area contributed by atoms with Gasteiger partial charge in [0.25, 0.3) is 0 Å². The molecule has 0 fully saturated rings. The monoisotopic (exact) mass is 247 g/mol. The van der Waals surface area contributed by atoms with Gasteiger partial charge in [0.15, 0.2) is 5.56 Å². The molecule has 0 aliphatic carbocycles. The maximum atomic E-state index is 8.37. The third-order valence-electron chi connectivity index (χ3n) is 1.36. The molecule has 1 aromatic rings. The number of benzene rings is 1. The minimum absolute atomic E-state index is 0.582. The van der Waals surface area contributed by atoms with Crippen molar-refractivity contribution in [3.63, 3.8) is 0 Å². The fourth-order valence-corrected chi connectivity index (χ4v) is 1.48. The number of rotatable bonds is 4. The van der Waals surface area contributed by atoms with Gasteiger partial charge in [0, 0.05) is 0 Å². The summed E-state index contributed by atoms with van der Waals surface area (Å²) in [5.41, 5.74) is -0.719. The van der Waals surface area contributed by atoms with Crippen LogP contribution in [-0.2, 0) is 0 Å². The minimum atomic E-state index is -0.719. The molecule has 0 aromatic heterocycles. The molecule has 0 heterocycles. The number of nitrogens with zero attached hydrogens (tertiary/aromatic N) is 1. The Bertz CT molecular complexity index is 314. The van der Waals surface area contributed by atoms with Gasteiger partial charge in [-0.1, -0.05) is 29.8 Å². The van der Waals surface area contributed by atoms with Crippen LogP contribution < -0.4 is 4.74 Å². The maximum absolute atomic E-state index is 8.37. The topological polar surface area (TPSA) is 33.0 Å². The number of hydrogen-bond acceptors (Lipinski definition) is 3. The van der Waals surface area contributed by atoms with Crippen molar-refractivity contribution >= 4 is 35.0 Å². The molecule has 5 heteroatoms. The molecule has 0 bridgehead atoms. The molecule has 1 rings (SSSR count). The summed E-state index contributed by atoms with van der Waals surface area (Å²) in [4.78, 5) is 0. The summed E-state index contributed by atoms with van der Waals surface area (Å²) in [6.07, 6.45) is 0. The summed E-state index contributed by atoms with van der Waals surface area (Å²) >= 11 is 12.5. The van der Waals surface area contributed by atoms with Crippen LogP contribution in [0.1, 0.15) is 0 Å². The van der Waals surface area contributed by atoms with E-state index in [0.717, 1.165) is 11.8 Å². The predicted octanol–water partition coefficient (Wildman–Crippen LogP) is 3.41. The molecule has 1 aromatic carbocycles. The molecule has 0 amide bonds. The minimum Gasteiger partial charge on any atom is -0.472 e. The second-order valence-corrected chi connectivity index (χ2v) is 4.43. The largest absolute Gasteiger partial charge is 0.472 e. The van der Waals surface area contributed by atoms with Crippen LogP contribution in [0, 0.1) is 10.7 Å². The summed E-state index contributed by atoms with van der Waals surface area (Å²) in [5, 5.41) is 10.2. The van der Waals surface area contributed by atoms with E-state index < -0.39 is 10.3 Å². The first-order valence-electron chi connectivity index (χ1n) is 3.78. The van der Waals surface area contributed by atoms with Crippen LogP contribution in [0.15, 0.2) is 30.3 Å². The molecule has 14 heavy (non-hydrogen) atoms. The average molecular weight is 248 g/mol. The predicted molar refractivity (Wildman–Crippen MR) is 59.6 cm³/mol. The van der Waals surface area contributed by atoms with E-state index in [2.05, 4.69) is 0 Å². The molecule has 0 N–H and O–H groups in total. The van der Waals surface area contributed by atoms with E-state index in [0.29, 0.717) is 5.75 Å². The van der Waals surface area contributed by atoms with Crippen molar-refractivity contribution in [1.82, 2.24) is 0 Å². The van der Waals surface area contributed by atoms with Crippen LogP contribution in [-0.4, -0.2) is 10.3 Å². The van der Waals surface area contributed by atoms with Gasteiger partial charge in [-0.3, -0.25) is 0 Å². The molecular weight excluding hydrogens is 241 g/mol. The van der Waals surface area contributed by atoms with Gasteiger partial charge in [-0.15, -0.1) is 11.6 Å². The van der Waals surface area contributed by atoms with Crippen LogP contribution in [0.2, 0.25) is 0 Å².